The van der Waals surface area contributed by atoms with Crippen molar-refractivity contribution in [1.29, 1.82) is 0 Å². The van der Waals surface area contributed by atoms with Crippen LogP contribution in [0.25, 0.3) is 33.4 Å². The van der Waals surface area contributed by atoms with Crippen LogP contribution in [0.1, 0.15) is 0 Å². The monoisotopic (exact) mass is 417 g/mol. The van der Waals surface area contributed by atoms with E-state index in [4.69, 9.17) is 9.97 Å². The number of fused-ring (bicyclic) bond motifs is 1. The number of anilines is 1. The van der Waals surface area contributed by atoms with Crippen LogP contribution in [-0.4, -0.2) is 53.1 Å². The fourth-order valence-electron chi connectivity index (χ4n) is 3.89. The second-order valence-electron chi connectivity index (χ2n) is 7.74. The minimum atomic E-state index is -0.861. The van der Waals surface area contributed by atoms with Crippen molar-refractivity contribution >= 4 is 16.7 Å². The molecule has 1 saturated heterocycles. The number of likely N-dealkylation sites (N-methyl/N-ethyl adjacent to an activating group) is 1. The van der Waals surface area contributed by atoms with E-state index in [2.05, 4.69) is 21.8 Å². The lowest BCUT2D eigenvalue weighted by Crippen LogP contribution is -2.45. The number of halogens is 2. The Hall–Kier alpha value is -3.45. The second-order valence-corrected chi connectivity index (χ2v) is 7.74. The zero-order valence-corrected chi connectivity index (χ0v) is 17.1. The van der Waals surface area contributed by atoms with E-state index in [1.54, 1.807) is 24.5 Å². The van der Waals surface area contributed by atoms with Crippen LogP contribution in [-0.2, 0) is 0 Å². The number of hydrogen-bond acceptors (Lipinski definition) is 5. The highest BCUT2D eigenvalue weighted by Gasteiger charge is 2.21. The summed E-state index contributed by atoms with van der Waals surface area (Å²) in [4.78, 5) is 18.3. The lowest BCUT2D eigenvalue weighted by atomic mass is 10.0. The van der Waals surface area contributed by atoms with Gasteiger partial charge in [-0.15, -0.1) is 0 Å². The molecule has 0 spiro atoms. The van der Waals surface area contributed by atoms with Gasteiger partial charge < -0.3 is 9.80 Å². The first-order valence-corrected chi connectivity index (χ1v) is 10.2. The number of hydrogen-bond donors (Lipinski definition) is 0. The number of nitrogens with zero attached hydrogens (tertiary/aromatic N) is 5. The predicted octanol–water partition coefficient (Wildman–Crippen LogP) is 4.39. The Labute approximate surface area is 179 Å². The van der Waals surface area contributed by atoms with E-state index in [1.165, 1.54) is 6.07 Å². The molecule has 0 N–H and O–H groups in total. The van der Waals surface area contributed by atoms with E-state index in [1.807, 2.05) is 24.3 Å². The van der Waals surface area contributed by atoms with E-state index >= 15 is 0 Å². The van der Waals surface area contributed by atoms with Crippen molar-refractivity contribution < 1.29 is 8.78 Å². The average Bonchev–Trinajstić information content (AvgIpc) is 2.81. The molecule has 0 amide bonds. The van der Waals surface area contributed by atoms with Crippen LogP contribution in [0.2, 0.25) is 0 Å². The van der Waals surface area contributed by atoms with Crippen molar-refractivity contribution in [3.63, 3.8) is 0 Å². The van der Waals surface area contributed by atoms with Gasteiger partial charge in [-0.05, 0) is 42.9 Å². The van der Waals surface area contributed by atoms with Gasteiger partial charge in [0.15, 0.2) is 17.5 Å². The number of aromatic nitrogens is 3. The van der Waals surface area contributed by atoms with Gasteiger partial charge in [-0.1, -0.05) is 18.2 Å². The van der Waals surface area contributed by atoms with Crippen LogP contribution >= 0.6 is 0 Å². The molecular weight excluding hydrogens is 396 g/mol. The van der Waals surface area contributed by atoms with E-state index in [9.17, 15) is 8.78 Å². The van der Waals surface area contributed by atoms with Crippen LogP contribution in [0.3, 0.4) is 0 Å². The Morgan fingerprint density at radius 1 is 0.871 bits per heavy atom. The van der Waals surface area contributed by atoms with Gasteiger partial charge in [-0.25, -0.2) is 18.7 Å². The number of piperazine rings is 1. The molecule has 1 fully saturated rings. The summed E-state index contributed by atoms with van der Waals surface area (Å²) in [5.74, 6) is -0.314. The molecule has 4 aromatic rings. The van der Waals surface area contributed by atoms with E-state index in [0.717, 1.165) is 54.5 Å². The summed E-state index contributed by atoms with van der Waals surface area (Å²) >= 11 is 0. The molecular formula is C24H21F2N5. The topological polar surface area (TPSA) is 45.2 Å². The van der Waals surface area contributed by atoms with Crippen LogP contribution in [0, 0.1) is 11.6 Å². The third kappa shape index (κ3) is 3.72. The summed E-state index contributed by atoms with van der Waals surface area (Å²) < 4.78 is 28.2. The van der Waals surface area contributed by atoms with Gasteiger partial charge in [0.05, 0.1) is 5.52 Å². The maximum atomic E-state index is 14.4. The van der Waals surface area contributed by atoms with E-state index < -0.39 is 11.6 Å². The summed E-state index contributed by atoms with van der Waals surface area (Å²) in [6.45, 7) is 3.50. The summed E-state index contributed by atoms with van der Waals surface area (Å²) in [6.07, 6.45) is 3.46. The van der Waals surface area contributed by atoms with E-state index in [0.29, 0.717) is 11.4 Å². The zero-order chi connectivity index (χ0) is 21.4. The Bertz CT molecular complexity index is 1240. The van der Waals surface area contributed by atoms with Gasteiger partial charge in [-0.2, -0.15) is 0 Å². The Morgan fingerprint density at radius 2 is 1.71 bits per heavy atom. The number of rotatable bonds is 3. The van der Waals surface area contributed by atoms with Gasteiger partial charge in [0.25, 0.3) is 0 Å². The molecule has 31 heavy (non-hydrogen) atoms. The quantitative estimate of drug-likeness (QED) is 0.495. The van der Waals surface area contributed by atoms with Gasteiger partial charge in [-0.3, -0.25) is 4.98 Å². The molecule has 0 aliphatic carbocycles. The van der Waals surface area contributed by atoms with Crippen LogP contribution in [0.5, 0.6) is 0 Å². The zero-order valence-electron chi connectivity index (χ0n) is 17.1. The molecule has 3 heterocycles. The Morgan fingerprint density at radius 3 is 2.48 bits per heavy atom. The van der Waals surface area contributed by atoms with Gasteiger partial charge >= 0.3 is 0 Å². The highest BCUT2D eigenvalue weighted by Crippen LogP contribution is 2.33. The molecule has 0 bridgehead atoms. The molecule has 1 aliphatic rings. The minimum absolute atomic E-state index is 0.225. The SMILES string of the molecule is CN1CCN(c2nc(-c3cccnc3)nc3ccc(-c4cccc(F)c4F)cc23)CC1. The van der Waals surface area contributed by atoms with Crippen LogP contribution < -0.4 is 4.90 Å². The predicted molar refractivity (Wildman–Crippen MR) is 118 cm³/mol. The molecule has 7 heteroatoms. The third-order valence-electron chi connectivity index (χ3n) is 5.66. The molecule has 1 aliphatic heterocycles. The van der Waals surface area contributed by atoms with Gasteiger partial charge in [0.2, 0.25) is 0 Å². The molecule has 156 valence electrons. The molecule has 0 radical (unpaired) electrons. The largest absolute Gasteiger partial charge is 0.353 e. The maximum absolute atomic E-state index is 14.4. The third-order valence-corrected chi connectivity index (χ3v) is 5.66. The average molecular weight is 417 g/mol. The maximum Gasteiger partial charge on any atom is 0.166 e. The molecule has 0 saturated carbocycles. The van der Waals surface area contributed by atoms with Crippen molar-refractivity contribution in [3.05, 3.63) is 72.6 Å². The van der Waals surface area contributed by atoms with E-state index in [-0.39, 0.29) is 5.56 Å². The normalized spacial score (nSPS) is 14.9. The Balaban J connectivity index is 1.69. The molecule has 0 unspecified atom stereocenters. The fraction of sp³-hybridized carbons (Fsp3) is 0.208. The summed E-state index contributed by atoms with van der Waals surface area (Å²) in [5, 5.41) is 0.818. The number of benzene rings is 2. The number of pyridine rings is 1. The minimum Gasteiger partial charge on any atom is -0.353 e. The molecule has 0 atom stereocenters. The molecule has 5 rings (SSSR count). The smallest absolute Gasteiger partial charge is 0.166 e. The summed E-state index contributed by atoms with van der Waals surface area (Å²) in [6, 6.07) is 13.5. The van der Waals surface area contributed by atoms with Crippen molar-refractivity contribution in [1.82, 2.24) is 19.9 Å². The highest BCUT2D eigenvalue weighted by atomic mass is 19.2. The first kappa shape index (κ1) is 19.5. The van der Waals surface area contributed by atoms with Gasteiger partial charge in [0, 0.05) is 55.1 Å². The summed E-state index contributed by atoms with van der Waals surface area (Å²) in [5.41, 5.74) is 2.41. The van der Waals surface area contributed by atoms with Crippen molar-refractivity contribution in [3.8, 4) is 22.5 Å². The lowest BCUT2D eigenvalue weighted by molar-refractivity contribution is 0.312. The highest BCUT2D eigenvalue weighted by molar-refractivity contribution is 5.94. The second kappa shape index (κ2) is 8.00. The van der Waals surface area contributed by atoms with Crippen molar-refractivity contribution in [2.24, 2.45) is 0 Å². The molecule has 5 nitrogen and oxygen atoms in total. The lowest BCUT2D eigenvalue weighted by Gasteiger charge is -2.34. The molecule has 2 aromatic heterocycles. The van der Waals surface area contributed by atoms with Crippen molar-refractivity contribution in [2.45, 2.75) is 0 Å². The Kier molecular flexibility index (Phi) is 5.03. The first-order valence-electron chi connectivity index (χ1n) is 10.2. The fourth-order valence-corrected chi connectivity index (χ4v) is 3.89. The van der Waals surface area contributed by atoms with Crippen LogP contribution in [0.4, 0.5) is 14.6 Å². The molecule has 2 aromatic carbocycles. The first-order chi connectivity index (χ1) is 15.1. The van der Waals surface area contributed by atoms with Crippen LogP contribution in [0.15, 0.2) is 60.9 Å². The van der Waals surface area contributed by atoms with Gasteiger partial charge in [0.1, 0.15) is 5.82 Å². The van der Waals surface area contributed by atoms with Crippen molar-refractivity contribution in [2.75, 3.05) is 38.1 Å². The standard InChI is InChI=1S/C24H21F2N5/c1-30-10-12-31(13-11-30)24-19-14-16(18-5-2-6-20(25)22(18)26)7-8-21(19)28-23(29-24)17-4-3-9-27-15-17/h2-9,14-15H,10-13H2,1H3. The summed E-state index contributed by atoms with van der Waals surface area (Å²) in [7, 11) is 2.10.